The Balaban J connectivity index is 1.57. The average Bonchev–Trinajstić information content (AvgIpc) is 3.05. The molecule has 3 N–H and O–H groups in total. The fourth-order valence-electron chi connectivity index (χ4n) is 2.40. The van der Waals surface area contributed by atoms with Crippen LogP contribution in [0.4, 0.5) is 0 Å². The Morgan fingerprint density at radius 1 is 1.08 bits per heavy atom. The SMILES string of the molecule is CC(NC(=O)c1ccccc1)C(=O)N/N=C\c1c[nH]c2ccccc12. The first-order valence-corrected chi connectivity index (χ1v) is 7.90. The van der Waals surface area contributed by atoms with E-state index in [1.165, 1.54) is 0 Å². The lowest BCUT2D eigenvalue weighted by molar-refractivity contribution is -0.122. The van der Waals surface area contributed by atoms with E-state index in [-0.39, 0.29) is 11.8 Å². The summed E-state index contributed by atoms with van der Waals surface area (Å²) in [5, 5.41) is 7.63. The molecule has 0 aliphatic heterocycles. The molecule has 0 radical (unpaired) electrons. The maximum atomic E-state index is 12.1. The topological polar surface area (TPSA) is 86.3 Å². The number of rotatable bonds is 5. The summed E-state index contributed by atoms with van der Waals surface area (Å²) in [4.78, 5) is 27.2. The molecule has 1 aromatic heterocycles. The van der Waals surface area contributed by atoms with Gasteiger partial charge in [-0.25, -0.2) is 5.43 Å². The molecule has 1 unspecified atom stereocenters. The molecule has 0 aliphatic rings. The highest BCUT2D eigenvalue weighted by atomic mass is 16.2. The molecule has 0 saturated heterocycles. The molecule has 6 heteroatoms. The Hall–Kier alpha value is -3.41. The predicted octanol–water partition coefficient (Wildman–Crippen LogP) is 2.44. The predicted molar refractivity (Wildman–Crippen MR) is 97.4 cm³/mol. The molecule has 6 nitrogen and oxygen atoms in total. The number of H-pyrrole nitrogens is 1. The fraction of sp³-hybridized carbons (Fsp3) is 0.105. The first kappa shape index (κ1) is 16.4. The number of nitrogens with zero attached hydrogens (tertiary/aromatic N) is 1. The number of carbonyl (C=O) groups is 2. The van der Waals surface area contributed by atoms with Gasteiger partial charge in [-0.15, -0.1) is 0 Å². The number of benzene rings is 2. The first-order chi connectivity index (χ1) is 12.1. The van der Waals surface area contributed by atoms with Crippen molar-refractivity contribution >= 4 is 28.9 Å². The summed E-state index contributed by atoms with van der Waals surface area (Å²) in [6.45, 7) is 1.61. The maximum absolute atomic E-state index is 12.1. The molecular formula is C19H18N4O2. The van der Waals surface area contributed by atoms with E-state index < -0.39 is 6.04 Å². The van der Waals surface area contributed by atoms with Gasteiger partial charge in [0, 0.05) is 28.2 Å². The maximum Gasteiger partial charge on any atom is 0.262 e. The summed E-state index contributed by atoms with van der Waals surface area (Å²) in [6.07, 6.45) is 3.39. The number of nitrogens with one attached hydrogen (secondary N) is 3. The summed E-state index contributed by atoms with van der Waals surface area (Å²) in [5.41, 5.74) is 4.82. The van der Waals surface area contributed by atoms with Crippen molar-refractivity contribution in [1.82, 2.24) is 15.7 Å². The van der Waals surface area contributed by atoms with Gasteiger partial charge in [-0.3, -0.25) is 9.59 Å². The Kier molecular flexibility index (Phi) is 4.89. The second kappa shape index (κ2) is 7.44. The van der Waals surface area contributed by atoms with Crippen LogP contribution in [0.5, 0.6) is 0 Å². The molecule has 3 aromatic rings. The zero-order valence-corrected chi connectivity index (χ0v) is 13.7. The minimum atomic E-state index is -0.701. The third kappa shape index (κ3) is 3.92. The third-order valence-electron chi connectivity index (χ3n) is 3.78. The fourth-order valence-corrected chi connectivity index (χ4v) is 2.40. The van der Waals surface area contributed by atoms with E-state index in [1.54, 1.807) is 37.4 Å². The van der Waals surface area contributed by atoms with E-state index in [4.69, 9.17) is 0 Å². The van der Waals surface area contributed by atoms with Crippen molar-refractivity contribution in [3.63, 3.8) is 0 Å². The van der Waals surface area contributed by atoms with Crippen molar-refractivity contribution < 1.29 is 9.59 Å². The van der Waals surface area contributed by atoms with Crippen LogP contribution in [-0.4, -0.2) is 29.1 Å². The molecule has 0 saturated carbocycles. The van der Waals surface area contributed by atoms with Gasteiger partial charge in [-0.05, 0) is 25.1 Å². The van der Waals surface area contributed by atoms with Crippen LogP contribution in [0.1, 0.15) is 22.8 Å². The van der Waals surface area contributed by atoms with Crippen LogP contribution < -0.4 is 10.7 Å². The highest BCUT2D eigenvalue weighted by Crippen LogP contribution is 2.15. The molecular weight excluding hydrogens is 316 g/mol. The van der Waals surface area contributed by atoms with Crippen LogP contribution in [0.2, 0.25) is 0 Å². The number of para-hydroxylation sites is 1. The monoisotopic (exact) mass is 334 g/mol. The summed E-state index contributed by atoms with van der Waals surface area (Å²) in [5.74, 6) is -0.691. The number of amides is 2. The highest BCUT2D eigenvalue weighted by Gasteiger charge is 2.15. The number of hydrogen-bond donors (Lipinski definition) is 3. The zero-order chi connectivity index (χ0) is 17.6. The van der Waals surface area contributed by atoms with Crippen molar-refractivity contribution in [3.8, 4) is 0 Å². The van der Waals surface area contributed by atoms with E-state index in [0.29, 0.717) is 5.56 Å². The van der Waals surface area contributed by atoms with Gasteiger partial charge in [0.25, 0.3) is 11.8 Å². The van der Waals surface area contributed by atoms with Crippen molar-refractivity contribution in [1.29, 1.82) is 0 Å². The van der Waals surface area contributed by atoms with E-state index in [1.807, 2.05) is 36.5 Å². The lowest BCUT2D eigenvalue weighted by Crippen LogP contribution is -2.43. The van der Waals surface area contributed by atoms with Crippen LogP contribution in [0.3, 0.4) is 0 Å². The van der Waals surface area contributed by atoms with Crippen LogP contribution in [0, 0.1) is 0 Å². The number of hydrogen-bond acceptors (Lipinski definition) is 3. The number of aromatic nitrogens is 1. The normalized spacial score (nSPS) is 12.2. The highest BCUT2D eigenvalue weighted by molar-refractivity contribution is 6.00. The molecule has 1 atom stereocenters. The van der Waals surface area contributed by atoms with Gasteiger partial charge in [-0.2, -0.15) is 5.10 Å². The summed E-state index contributed by atoms with van der Waals surface area (Å²) in [7, 11) is 0. The molecule has 0 aliphatic carbocycles. The Morgan fingerprint density at radius 3 is 2.60 bits per heavy atom. The van der Waals surface area contributed by atoms with Gasteiger partial charge >= 0.3 is 0 Å². The summed E-state index contributed by atoms with van der Waals surface area (Å²) in [6, 6.07) is 15.9. The zero-order valence-electron chi connectivity index (χ0n) is 13.7. The van der Waals surface area contributed by atoms with E-state index in [2.05, 4.69) is 20.8 Å². The minimum Gasteiger partial charge on any atom is -0.361 e. The van der Waals surface area contributed by atoms with Gasteiger partial charge in [-0.1, -0.05) is 36.4 Å². The molecule has 3 rings (SSSR count). The number of hydrazone groups is 1. The van der Waals surface area contributed by atoms with Crippen LogP contribution in [0.15, 0.2) is 65.9 Å². The van der Waals surface area contributed by atoms with Crippen molar-refractivity contribution in [2.24, 2.45) is 5.10 Å². The Bertz CT molecular complexity index is 915. The smallest absolute Gasteiger partial charge is 0.262 e. The van der Waals surface area contributed by atoms with Gasteiger partial charge in [0.15, 0.2) is 0 Å². The minimum absolute atomic E-state index is 0.302. The van der Waals surface area contributed by atoms with E-state index >= 15 is 0 Å². The second-order valence-corrected chi connectivity index (χ2v) is 5.59. The number of aromatic amines is 1. The van der Waals surface area contributed by atoms with Crippen LogP contribution >= 0.6 is 0 Å². The Labute approximate surface area is 144 Å². The molecule has 1 heterocycles. The van der Waals surface area contributed by atoms with Gasteiger partial charge in [0.05, 0.1) is 6.21 Å². The van der Waals surface area contributed by atoms with Crippen molar-refractivity contribution in [2.75, 3.05) is 0 Å². The van der Waals surface area contributed by atoms with Crippen LogP contribution in [0.25, 0.3) is 10.9 Å². The second-order valence-electron chi connectivity index (χ2n) is 5.59. The van der Waals surface area contributed by atoms with Crippen molar-refractivity contribution in [2.45, 2.75) is 13.0 Å². The van der Waals surface area contributed by atoms with Crippen LogP contribution in [-0.2, 0) is 4.79 Å². The van der Waals surface area contributed by atoms with Gasteiger partial charge in [0.2, 0.25) is 0 Å². The standard InChI is InChI=1S/C19H18N4O2/c1-13(22-19(25)14-7-3-2-4-8-14)18(24)23-21-12-15-11-20-17-10-6-5-9-16(15)17/h2-13,20H,1H3,(H,22,25)(H,23,24)/b21-12-. The molecule has 0 bridgehead atoms. The first-order valence-electron chi connectivity index (χ1n) is 7.90. The third-order valence-corrected chi connectivity index (χ3v) is 3.78. The van der Waals surface area contributed by atoms with E-state index in [9.17, 15) is 9.59 Å². The Morgan fingerprint density at radius 2 is 1.80 bits per heavy atom. The molecule has 126 valence electrons. The van der Waals surface area contributed by atoms with Crippen molar-refractivity contribution in [3.05, 3.63) is 71.9 Å². The quantitative estimate of drug-likeness (QED) is 0.494. The summed E-state index contributed by atoms with van der Waals surface area (Å²) < 4.78 is 0. The lowest BCUT2D eigenvalue weighted by Gasteiger charge is -2.11. The average molecular weight is 334 g/mol. The van der Waals surface area contributed by atoms with E-state index in [0.717, 1.165) is 16.5 Å². The molecule has 2 aromatic carbocycles. The molecule has 0 fully saturated rings. The van der Waals surface area contributed by atoms with Gasteiger partial charge < -0.3 is 10.3 Å². The molecule has 25 heavy (non-hydrogen) atoms. The van der Waals surface area contributed by atoms with Gasteiger partial charge in [0.1, 0.15) is 6.04 Å². The number of fused-ring (bicyclic) bond motifs is 1. The summed E-state index contributed by atoms with van der Waals surface area (Å²) >= 11 is 0. The lowest BCUT2D eigenvalue weighted by atomic mass is 10.2. The molecule has 0 spiro atoms. The number of carbonyl (C=O) groups excluding carboxylic acids is 2. The molecule has 2 amide bonds. The largest absolute Gasteiger partial charge is 0.361 e.